The van der Waals surface area contributed by atoms with Gasteiger partial charge >= 0.3 is 6.18 Å². The number of aromatic nitrogens is 3. The highest BCUT2D eigenvalue weighted by atomic mass is 19.4. The Balaban J connectivity index is 1.34. The van der Waals surface area contributed by atoms with Crippen molar-refractivity contribution >= 4 is 28.3 Å². The van der Waals surface area contributed by atoms with E-state index in [4.69, 9.17) is 10.5 Å². The Morgan fingerprint density at radius 3 is 2.72 bits per heavy atom. The SMILES string of the molecule is Nc1nc2cc(F)c(C(=O)N3CC4(CC4)O[C@@H]4Cc5cc(C(F)(F)F)ccc5[C@@H]43)cc2n2cncc12. The first kappa shape index (κ1) is 21.5. The fourth-order valence-corrected chi connectivity index (χ4v) is 5.65. The third-order valence-corrected chi connectivity index (χ3v) is 7.52. The van der Waals surface area contributed by atoms with Crippen LogP contribution in [0.25, 0.3) is 16.6 Å². The number of morpholine rings is 1. The number of alkyl halides is 3. The molecule has 2 aromatic carbocycles. The Hall–Kier alpha value is -3.73. The minimum atomic E-state index is -4.47. The maximum absolute atomic E-state index is 15.3. The standard InChI is InChI=1S/C25H19F4N5O2/c26-16-8-17-18(34-11-31-9-19(34)22(30)32-17)7-15(16)23(35)33-10-24(3-4-24)36-20-6-12-5-13(25(27,28)29)1-2-14(12)21(20)33/h1-2,5,7-9,11,20-21H,3-4,6,10H2,(H2,30,32)/t20-,21+/m1/s1. The fraction of sp³-hybridized carbons (Fsp3) is 0.320. The number of nitrogens with zero attached hydrogens (tertiary/aromatic N) is 4. The van der Waals surface area contributed by atoms with Crippen LogP contribution in [0.4, 0.5) is 23.4 Å². The Morgan fingerprint density at radius 2 is 1.97 bits per heavy atom. The van der Waals surface area contributed by atoms with Gasteiger partial charge in [-0.15, -0.1) is 0 Å². The predicted octanol–water partition coefficient (Wildman–Crippen LogP) is 4.29. The summed E-state index contributed by atoms with van der Waals surface area (Å²) >= 11 is 0. The second-order valence-electron chi connectivity index (χ2n) is 9.80. The molecule has 1 spiro atoms. The molecule has 11 heteroatoms. The minimum Gasteiger partial charge on any atom is -0.382 e. The lowest BCUT2D eigenvalue weighted by Crippen LogP contribution is -2.52. The maximum atomic E-state index is 15.3. The quantitative estimate of drug-likeness (QED) is 0.397. The summed E-state index contributed by atoms with van der Waals surface area (Å²) in [4.78, 5) is 23.8. The first-order valence-corrected chi connectivity index (χ1v) is 11.5. The van der Waals surface area contributed by atoms with Gasteiger partial charge in [0.2, 0.25) is 0 Å². The molecule has 3 heterocycles. The van der Waals surface area contributed by atoms with Crippen LogP contribution in [0.3, 0.4) is 0 Å². The van der Waals surface area contributed by atoms with Crippen molar-refractivity contribution in [1.82, 2.24) is 19.3 Å². The number of halogens is 4. The van der Waals surface area contributed by atoms with Crippen LogP contribution in [-0.2, 0) is 17.3 Å². The summed E-state index contributed by atoms with van der Waals surface area (Å²) in [6.45, 7) is 0.241. The van der Waals surface area contributed by atoms with E-state index in [9.17, 15) is 18.0 Å². The van der Waals surface area contributed by atoms with Crippen LogP contribution in [0, 0.1) is 5.82 Å². The molecule has 1 amide bonds. The average molecular weight is 497 g/mol. The predicted molar refractivity (Wildman–Crippen MR) is 121 cm³/mol. The van der Waals surface area contributed by atoms with Crippen molar-refractivity contribution in [2.24, 2.45) is 0 Å². The molecule has 36 heavy (non-hydrogen) atoms. The second kappa shape index (κ2) is 6.94. The van der Waals surface area contributed by atoms with E-state index in [1.807, 2.05) is 0 Å². The van der Waals surface area contributed by atoms with Crippen LogP contribution < -0.4 is 5.73 Å². The number of carbonyl (C=O) groups excluding carboxylic acids is 1. The lowest BCUT2D eigenvalue weighted by molar-refractivity contribution is -0.137. The number of carbonyl (C=O) groups is 1. The molecule has 2 N–H and O–H groups in total. The summed E-state index contributed by atoms with van der Waals surface area (Å²) in [6, 6.07) is 5.56. The zero-order valence-corrected chi connectivity index (χ0v) is 18.7. The molecule has 2 fully saturated rings. The molecule has 2 aliphatic carbocycles. The van der Waals surface area contributed by atoms with Gasteiger partial charge in [-0.1, -0.05) is 6.07 Å². The third-order valence-electron chi connectivity index (χ3n) is 7.52. The Morgan fingerprint density at radius 1 is 1.17 bits per heavy atom. The number of nitrogens with two attached hydrogens (primary N) is 1. The smallest absolute Gasteiger partial charge is 0.382 e. The summed E-state index contributed by atoms with van der Waals surface area (Å²) in [5.41, 5.74) is 6.89. The summed E-state index contributed by atoms with van der Waals surface area (Å²) in [6.07, 6.45) is -0.186. The summed E-state index contributed by atoms with van der Waals surface area (Å²) < 4.78 is 63.2. The molecule has 1 aliphatic heterocycles. The average Bonchev–Trinajstić information content (AvgIpc) is 3.23. The fourth-order valence-electron chi connectivity index (χ4n) is 5.65. The lowest BCUT2D eigenvalue weighted by Gasteiger charge is -2.43. The topological polar surface area (TPSA) is 85.8 Å². The maximum Gasteiger partial charge on any atom is 0.416 e. The number of imidazole rings is 1. The molecule has 2 aromatic heterocycles. The van der Waals surface area contributed by atoms with E-state index >= 15 is 4.39 Å². The molecule has 3 aliphatic rings. The van der Waals surface area contributed by atoms with Gasteiger partial charge in [-0.05, 0) is 42.2 Å². The molecule has 184 valence electrons. The van der Waals surface area contributed by atoms with Gasteiger partial charge in [0.05, 0.1) is 59.0 Å². The van der Waals surface area contributed by atoms with Crippen LogP contribution in [0.2, 0.25) is 0 Å². The van der Waals surface area contributed by atoms with Gasteiger partial charge in [-0.3, -0.25) is 9.20 Å². The Kier molecular flexibility index (Phi) is 4.15. The van der Waals surface area contributed by atoms with Gasteiger partial charge in [0.25, 0.3) is 5.91 Å². The van der Waals surface area contributed by atoms with Crippen LogP contribution >= 0.6 is 0 Å². The number of fused-ring (bicyclic) bond motifs is 6. The highest BCUT2D eigenvalue weighted by Gasteiger charge is 2.57. The van der Waals surface area contributed by atoms with Crippen LogP contribution in [0.5, 0.6) is 0 Å². The second-order valence-corrected chi connectivity index (χ2v) is 9.80. The number of benzene rings is 2. The minimum absolute atomic E-state index is 0.152. The van der Waals surface area contributed by atoms with E-state index in [0.29, 0.717) is 22.2 Å². The van der Waals surface area contributed by atoms with Gasteiger partial charge in [0.1, 0.15) is 17.2 Å². The van der Waals surface area contributed by atoms with Crippen molar-refractivity contribution in [3.8, 4) is 0 Å². The zero-order chi connectivity index (χ0) is 25.0. The first-order valence-electron chi connectivity index (χ1n) is 11.5. The number of hydrogen-bond acceptors (Lipinski definition) is 5. The van der Waals surface area contributed by atoms with Crippen LogP contribution in [0.15, 0.2) is 42.9 Å². The molecule has 0 unspecified atom stereocenters. The molecule has 1 saturated heterocycles. The molecule has 2 atom stereocenters. The van der Waals surface area contributed by atoms with Crippen LogP contribution in [0.1, 0.15) is 45.9 Å². The first-order chi connectivity index (χ1) is 17.1. The summed E-state index contributed by atoms with van der Waals surface area (Å²) in [5, 5.41) is 0. The van der Waals surface area contributed by atoms with Crippen molar-refractivity contribution in [3.63, 3.8) is 0 Å². The molecule has 7 rings (SSSR count). The third kappa shape index (κ3) is 3.05. The molecular formula is C25H19F4N5O2. The normalized spacial score (nSPS) is 22.3. The van der Waals surface area contributed by atoms with Crippen molar-refractivity contribution < 1.29 is 27.1 Å². The van der Waals surface area contributed by atoms with Crippen molar-refractivity contribution in [2.45, 2.75) is 43.2 Å². The van der Waals surface area contributed by atoms with E-state index in [2.05, 4.69) is 9.97 Å². The number of hydrogen-bond donors (Lipinski definition) is 1. The van der Waals surface area contributed by atoms with E-state index in [1.165, 1.54) is 30.7 Å². The Labute approximate surface area is 201 Å². The molecule has 7 nitrogen and oxygen atoms in total. The van der Waals surface area contributed by atoms with Crippen molar-refractivity contribution in [2.75, 3.05) is 12.3 Å². The van der Waals surface area contributed by atoms with Crippen LogP contribution in [-0.4, -0.2) is 43.4 Å². The van der Waals surface area contributed by atoms with Gasteiger partial charge in [-0.2, -0.15) is 13.2 Å². The van der Waals surface area contributed by atoms with E-state index in [-0.39, 0.29) is 29.9 Å². The molecule has 0 bridgehead atoms. The van der Waals surface area contributed by atoms with E-state index in [0.717, 1.165) is 25.0 Å². The number of nitrogen functional groups attached to an aromatic ring is 1. The van der Waals surface area contributed by atoms with Gasteiger partial charge < -0.3 is 15.4 Å². The van der Waals surface area contributed by atoms with Crippen molar-refractivity contribution in [1.29, 1.82) is 0 Å². The number of rotatable bonds is 1. The monoisotopic (exact) mass is 497 g/mol. The zero-order valence-electron chi connectivity index (χ0n) is 18.7. The number of anilines is 1. The molecule has 1 saturated carbocycles. The molecule has 0 radical (unpaired) electrons. The highest BCUT2D eigenvalue weighted by Crippen LogP contribution is 2.52. The molecule has 4 aromatic rings. The largest absolute Gasteiger partial charge is 0.416 e. The highest BCUT2D eigenvalue weighted by molar-refractivity contribution is 5.99. The van der Waals surface area contributed by atoms with Crippen molar-refractivity contribution in [3.05, 3.63) is 70.9 Å². The van der Waals surface area contributed by atoms with Gasteiger partial charge in [-0.25, -0.2) is 14.4 Å². The Bertz CT molecular complexity index is 1590. The number of ether oxygens (including phenoxy) is 1. The summed E-state index contributed by atoms with van der Waals surface area (Å²) in [5.74, 6) is -1.11. The van der Waals surface area contributed by atoms with Gasteiger partial charge in [0, 0.05) is 12.5 Å². The molecular weight excluding hydrogens is 478 g/mol. The summed E-state index contributed by atoms with van der Waals surface area (Å²) in [7, 11) is 0. The lowest BCUT2D eigenvalue weighted by atomic mass is 9.99. The number of amides is 1. The van der Waals surface area contributed by atoms with E-state index < -0.39 is 41.2 Å². The van der Waals surface area contributed by atoms with E-state index in [1.54, 1.807) is 9.30 Å². The van der Waals surface area contributed by atoms with Gasteiger partial charge in [0.15, 0.2) is 0 Å².